The first kappa shape index (κ1) is 13.9. The molecule has 19 heavy (non-hydrogen) atoms. The van der Waals surface area contributed by atoms with Crippen LogP contribution < -0.4 is 11.3 Å². The zero-order valence-electron chi connectivity index (χ0n) is 11.1. The van der Waals surface area contributed by atoms with Gasteiger partial charge in [-0.05, 0) is 34.8 Å². The molecule has 0 atom stereocenters. The lowest BCUT2D eigenvalue weighted by molar-refractivity contribution is 0.831. The maximum atomic E-state index is 5.57. The summed E-state index contributed by atoms with van der Waals surface area (Å²) in [6.45, 7) is 6.15. The minimum atomic E-state index is 0.306. The van der Waals surface area contributed by atoms with Gasteiger partial charge in [0.15, 0.2) is 5.82 Å². The van der Waals surface area contributed by atoms with Gasteiger partial charge in [-0.1, -0.05) is 13.8 Å². The van der Waals surface area contributed by atoms with Crippen molar-refractivity contribution in [3.8, 4) is 11.4 Å². The van der Waals surface area contributed by atoms with Crippen molar-refractivity contribution in [3.05, 3.63) is 34.2 Å². The van der Waals surface area contributed by atoms with Crippen LogP contribution in [0.2, 0.25) is 0 Å². The number of rotatable bonds is 3. The molecular weight excluding hydrogens is 306 g/mol. The molecule has 3 N–H and O–H groups in total. The third-order valence-corrected chi connectivity index (χ3v) is 3.25. The van der Waals surface area contributed by atoms with Crippen LogP contribution in [-0.4, -0.2) is 15.0 Å². The van der Waals surface area contributed by atoms with Crippen molar-refractivity contribution in [2.24, 2.45) is 5.84 Å². The number of nitrogens with one attached hydrogen (secondary N) is 1. The van der Waals surface area contributed by atoms with Crippen LogP contribution in [0, 0.1) is 6.92 Å². The number of pyridine rings is 1. The number of nitrogens with two attached hydrogens (primary N) is 1. The topological polar surface area (TPSA) is 76.7 Å². The molecule has 5 nitrogen and oxygen atoms in total. The van der Waals surface area contributed by atoms with E-state index in [4.69, 9.17) is 5.84 Å². The van der Waals surface area contributed by atoms with Gasteiger partial charge in [0.1, 0.15) is 5.82 Å². The van der Waals surface area contributed by atoms with Crippen molar-refractivity contribution in [2.45, 2.75) is 26.7 Å². The van der Waals surface area contributed by atoms with Crippen molar-refractivity contribution in [3.63, 3.8) is 0 Å². The van der Waals surface area contributed by atoms with Gasteiger partial charge < -0.3 is 5.43 Å². The van der Waals surface area contributed by atoms with Gasteiger partial charge in [-0.3, -0.25) is 4.98 Å². The van der Waals surface area contributed by atoms with Gasteiger partial charge in [0.2, 0.25) is 0 Å². The molecule has 100 valence electrons. The second-order valence-corrected chi connectivity index (χ2v) is 5.50. The third kappa shape index (κ3) is 2.90. The minimum absolute atomic E-state index is 0.306. The van der Waals surface area contributed by atoms with Gasteiger partial charge in [0, 0.05) is 33.7 Å². The Bertz CT molecular complexity index is 598. The highest BCUT2D eigenvalue weighted by molar-refractivity contribution is 9.10. The predicted molar refractivity (Wildman–Crippen MR) is 79.6 cm³/mol. The quantitative estimate of drug-likeness (QED) is 0.671. The van der Waals surface area contributed by atoms with Crippen molar-refractivity contribution < 1.29 is 0 Å². The standard InChI is InChI=1S/C13H16BrN5/c1-7(2)11-8(3)17-12(18-13(11)19-15)9-4-10(14)6-16-5-9/h4-7H,15H2,1-3H3,(H,17,18,19). The molecule has 0 spiro atoms. The Morgan fingerprint density at radius 3 is 2.58 bits per heavy atom. The summed E-state index contributed by atoms with van der Waals surface area (Å²) in [7, 11) is 0. The maximum absolute atomic E-state index is 5.57. The van der Waals surface area contributed by atoms with Crippen molar-refractivity contribution in [2.75, 3.05) is 5.43 Å². The fourth-order valence-electron chi connectivity index (χ4n) is 2.05. The average Bonchev–Trinajstić information content (AvgIpc) is 2.37. The van der Waals surface area contributed by atoms with Gasteiger partial charge in [-0.15, -0.1) is 0 Å². The number of hydrogen-bond donors (Lipinski definition) is 2. The highest BCUT2D eigenvalue weighted by Crippen LogP contribution is 2.28. The molecule has 2 aromatic rings. The molecule has 0 radical (unpaired) electrons. The van der Waals surface area contributed by atoms with Gasteiger partial charge in [0.25, 0.3) is 0 Å². The molecule has 2 aromatic heterocycles. The molecule has 0 fully saturated rings. The first-order chi connectivity index (χ1) is 9.02. The van der Waals surface area contributed by atoms with Gasteiger partial charge >= 0.3 is 0 Å². The van der Waals surface area contributed by atoms with E-state index >= 15 is 0 Å². The van der Waals surface area contributed by atoms with Crippen LogP contribution in [0.25, 0.3) is 11.4 Å². The summed E-state index contributed by atoms with van der Waals surface area (Å²) in [5, 5.41) is 0. The summed E-state index contributed by atoms with van der Waals surface area (Å²) in [6.07, 6.45) is 3.45. The number of nitrogens with zero attached hydrogens (tertiary/aromatic N) is 3. The number of halogens is 1. The summed E-state index contributed by atoms with van der Waals surface area (Å²) in [5.74, 6) is 7.15. The molecule has 0 saturated carbocycles. The molecule has 0 aliphatic rings. The summed E-state index contributed by atoms with van der Waals surface area (Å²) in [5.41, 5.74) is 5.47. The van der Waals surface area contributed by atoms with E-state index in [0.29, 0.717) is 17.6 Å². The van der Waals surface area contributed by atoms with Crippen LogP contribution in [0.5, 0.6) is 0 Å². The number of aryl methyl sites for hydroxylation is 1. The predicted octanol–water partition coefficient (Wildman–Crippen LogP) is 3.02. The largest absolute Gasteiger partial charge is 0.308 e. The molecule has 0 aliphatic carbocycles. The Kier molecular flexibility index (Phi) is 4.11. The van der Waals surface area contributed by atoms with E-state index in [-0.39, 0.29) is 0 Å². The first-order valence-electron chi connectivity index (χ1n) is 5.99. The van der Waals surface area contributed by atoms with Crippen LogP contribution in [0.1, 0.15) is 31.0 Å². The fraction of sp³-hybridized carbons (Fsp3) is 0.308. The highest BCUT2D eigenvalue weighted by atomic mass is 79.9. The molecule has 6 heteroatoms. The van der Waals surface area contributed by atoms with E-state index in [0.717, 1.165) is 21.3 Å². The van der Waals surface area contributed by atoms with Crippen LogP contribution in [0.4, 0.5) is 5.82 Å². The lowest BCUT2D eigenvalue weighted by Gasteiger charge is -2.15. The number of hydrazine groups is 1. The molecular formula is C13H16BrN5. The van der Waals surface area contributed by atoms with Crippen LogP contribution in [0.3, 0.4) is 0 Å². The summed E-state index contributed by atoms with van der Waals surface area (Å²) in [6, 6.07) is 1.93. The number of anilines is 1. The van der Waals surface area contributed by atoms with E-state index in [2.05, 4.69) is 50.2 Å². The summed E-state index contributed by atoms with van der Waals surface area (Å²) >= 11 is 3.39. The number of nitrogen functional groups attached to an aromatic ring is 1. The smallest absolute Gasteiger partial charge is 0.163 e. The molecule has 0 aliphatic heterocycles. The molecule has 0 aromatic carbocycles. The normalized spacial score (nSPS) is 10.8. The molecule has 2 heterocycles. The Morgan fingerprint density at radius 2 is 2.00 bits per heavy atom. The van der Waals surface area contributed by atoms with E-state index in [1.807, 2.05) is 13.0 Å². The second-order valence-electron chi connectivity index (χ2n) is 4.59. The minimum Gasteiger partial charge on any atom is -0.308 e. The highest BCUT2D eigenvalue weighted by Gasteiger charge is 2.15. The van der Waals surface area contributed by atoms with E-state index < -0.39 is 0 Å². The van der Waals surface area contributed by atoms with Crippen molar-refractivity contribution in [1.82, 2.24) is 15.0 Å². The number of hydrogen-bond acceptors (Lipinski definition) is 5. The Hall–Kier alpha value is -1.53. The van der Waals surface area contributed by atoms with Crippen LogP contribution >= 0.6 is 15.9 Å². The SMILES string of the molecule is Cc1nc(-c2cncc(Br)c2)nc(NN)c1C(C)C. The maximum Gasteiger partial charge on any atom is 0.163 e. The van der Waals surface area contributed by atoms with E-state index in [1.165, 1.54) is 0 Å². The zero-order chi connectivity index (χ0) is 14.0. The molecule has 2 rings (SSSR count). The first-order valence-corrected chi connectivity index (χ1v) is 6.78. The van der Waals surface area contributed by atoms with Gasteiger partial charge in [-0.2, -0.15) is 0 Å². The second kappa shape index (κ2) is 5.63. The Labute approximate surface area is 120 Å². The lowest BCUT2D eigenvalue weighted by Crippen LogP contribution is -2.14. The molecule has 0 bridgehead atoms. The summed E-state index contributed by atoms with van der Waals surface area (Å²) < 4.78 is 0.890. The van der Waals surface area contributed by atoms with Crippen molar-refractivity contribution >= 4 is 21.7 Å². The van der Waals surface area contributed by atoms with Gasteiger partial charge in [-0.25, -0.2) is 15.8 Å². The third-order valence-electron chi connectivity index (χ3n) is 2.81. The Morgan fingerprint density at radius 1 is 1.26 bits per heavy atom. The zero-order valence-corrected chi connectivity index (χ0v) is 12.7. The average molecular weight is 322 g/mol. The lowest BCUT2D eigenvalue weighted by atomic mass is 10.0. The van der Waals surface area contributed by atoms with Gasteiger partial charge in [0.05, 0.1) is 0 Å². The van der Waals surface area contributed by atoms with Crippen LogP contribution in [-0.2, 0) is 0 Å². The molecule has 0 saturated heterocycles. The number of aromatic nitrogens is 3. The van der Waals surface area contributed by atoms with Crippen LogP contribution in [0.15, 0.2) is 22.9 Å². The molecule has 0 amide bonds. The Balaban J connectivity index is 2.58. The fourth-order valence-corrected chi connectivity index (χ4v) is 2.41. The summed E-state index contributed by atoms with van der Waals surface area (Å²) in [4.78, 5) is 13.1. The van der Waals surface area contributed by atoms with Crippen molar-refractivity contribution in [1.29, 1.82) is 0 Å². The monoisotopic (exact) mass is 321 g/mol. The molecule has 0 unspecified atom stereocenters. The van der Waals surface area contributed by atoms with E-state index in [9.17, 15) is 0 Å². The van der Waals surface area contributed by atoms with E-state index in [1.54, 1.807) is 12.4 Å².